The van der Waals surface area contributed by atoms with E-state index in [0.29, 0.717) is 36.0 Å². The van der Waals surface area contributed by atoms with E-state index in [1.807, 2.05) is 13.8 Å². The summed E-state index contributed by atoms with van der Waals surface area (Å²) in [5, 5.41) is 0. The molecule has 2 aromatic carbocycles. The molecule has 6 heteroatoms. The summed E-state index contributed by atoms with van der Waals surface area (Å²) >= 11 is 0. The van der Waals surface area contributed by atoms with E-state index in [1.165, 1.54) is 7.11 Å². The SMILES string of the molecule is CCOc1ccc(C(=O)[C@H](C)OC(=O)c2ccc(OC)c(OCC)c2)cc1. The van der Waals surface area contributed by atoms with Crippen LogP contribution in [0, 0.1) is 0 Å². The van der Waals surface area contributed by atoms with Gasteiger partial charge in [-0.3, -0.25) is 4.79 Å². The molecule has 0 aliphatic heterocycles. The van der Waals surface area contributed by atoms with Crippen molar-refractivity contribution in [2.24, 2.45) is 0 Å². The molecule has 0 aliphatic carbocycles. The van der Waals surface area contributed by atoms with Gasteiger partial charge < -0.3 is 18.9 Å². The summed E-state index contributed by atoms with van der Waals surface area (Å²) in [4.78, 5) is 24.9. The normalized spacial score (nSPS) is 11.4. The number of esters is 1. The number of rotatable bonds is 9. The Kier molecular flexibility index (Phi) is 7.23. The summed E-state index contributed by atoms with van der Waals surface area (Å²) in [5.41, 5.74) is 0.731. The number of methoxy groups -OCH3 is 1. The second-order valence-electron chi connectivity index (χ2n) is 5.67. The standard InChI is InChI=1S/C21H24O6/c1-5-25-17-10-7-15(8-11-17)20(22)14(3)27-21(23)16-9-12-18(24-4)19(13-16)26-6-2/h7-14H,5-6H2,1-4H3/t14-/m0/s1. The molecular formula is C21H24O6. The minimum Gasteiger partial charge on any atom is -0.494 e. The number of hydrogen-bond donors (Lipinski definition) is 0. The predicted molar refractivity (Wildman–Crippen MR) is 101 cm³/mol. The van der Waals surface area contributed by atoms with E-state index in [-0.39, 0.29) is 11.3 Å². The molecule has 0 amide bonds. The van der Waals surface area contributed by atoms with E-state index in [9.17, 15) is 9.59 Å². The van der Waals surface area contributed by atoms with Crippen molar-refractivity contribution in [2.45, 2.75) is 26.9 Å². The Morgan fingerprint density at radius 3 is 2.11 bits per heavy atom. The molecule has 0 unspecified atom stereocenters. The molecule has 2 aromatic rings. The molecule has 2 rings (SSSR count). The van der Waals surface area contributed by atoms with Crippen molar-refractivity contribution in [1.29, 1.82) is 0 Å². The van der Waals surface area contributed by atoms with Crippen molar-refractivity contribution in [1.82, 2.24) is 0 Å². The molecule has 144 valence electrons. The van der Waals surface area contributed by atoms with Gasteiger partial charge in [-0.05, 0) is 63.2 Å². The Labute approximate surface area is 159 Å². The zero-order valence-corrected chi connectivity index (χ0v) is 16.0. The highest BCUT2D eigenvalue weighted by atomic mass is 16.5. The van der Waals surface area contributed by atoms with Crippen LogP contribution in [0.15, 0.2) is 42.5 Å². The molecule has 0 fully saturated rings. The summed E-state index contributed by atoms with van der Waals surface area (Å²) in [7, 11) is 1.52. The number of hydrogen-bond acceptors (Lipinski definition) is 6. The molecule has 0 radical (unpaired) electrons. The molecule has 0 spiro atoms. The number of ether oxygens (including phenoxy) is 4. The van der Waals surface area contributed by atoms with E-state index in [0.717, 1.165) is 0 Å². The lowest BCUT2D eigenvalue weighted by molar-refractivity contribution is 0.0318. The predicted octanol–water partition coefficient (Wildman–Crippen LogP) is 3.92. The van der Waals surface area contributed by atoms with Crippen molar-refractivity contribution in [3.8, 4) is 17.2 Å². The largest absolute Gasteiger partial charge is 0.494 e. The maximum absolute atomic E-state index is 12.5. The summed E-state index contributed by atoms with van der Waals surface area (Å²) in [5.74, 6) is 0.752. The lowest BCUT2D eigenvalue weighted by Crippen LogP contribution is -2.24. The highest BCUT2D eigenvalue weighted by Crippen LogP contribution is 2.28. The molecule has 0 N–H and O–H groups in total. The van der Waals surface area contributed by atoms with Crippen molar-refractivity contribution >= 4 is 11.8 Å². The first-order valence-electron chi connectivity index (χ1n) is 8.79. The lowest BCUT2D eigenvalue weighted by Gasteiger charge is -2.14. The lowest BCUT2D eigenvalue weighted by atomic mass is 10.1. The molecule has 0 aromatic heterocycles. The van der Waals surface area contributed by atoms with Gasteiger partial charge in [-0.15, -0.1) is 0 Å². The van der Waals surface area contributed by atoms with Gasteiger partial charge in [0.15, 0.2) is 17.6 Å². The van der Waals surface area contributed by atoms with Gasteiger partial charge in [0.2, 0.25) is 5.78 Å². The van der Waals surface area contributed by atoms with Gasteiger partial charge in [-0.1, -0.05) is 0 Å². The second kappa shape index (κ2) is 9.62. The van der Waals surface area contributed by atoms with Crippen molar-refractivity contribution < 1.29 is 28.5 Å². The third kappa shape index (κ3) is 5.23. The summed E-state index contributed by atoms with van der Waals surface area (Å²) in [6, 6.07) is 11.5. The van der Waals surface area contributed by atoms with Gasteiger partial charge in [0.05, 0.1) is 25.9 Å². The summed E-state index contributed by atoms with van der Waals surface area (Å²) < 4.78 is 21.3. The molecule has 1 atom stereocenters. The van der Waals surface area contributed by atoms with Crippen LogP contribution in [0.1, 0.15) is 41.5 Å². The zero-order valence-electron chi connectivity index (χ0n) is 16.0. The quantitative estimate of drug-likeness (QED) is 0.491. The van der Waals surface area contributed by atoms with E-state index in [4.69, 9.17) is 18.9 Å². The number of Topliss-reactive ketones (excluding diaryl/α,β-unsaturated/α-hetero) is 1. The number of carbonyl (C=O) groups is 2. The monoisotopic (exact) mass is 372 g/mol. The fourth-order valence-corrected chi connectivity index (χ4v) is 2.47. The van der Waals surface area contributed by atoms with Crippen LogP contribution in [-0.4, -0.2) is 38.2 Å². The van der Waals surface area contributed by atoms with E-state index < -0.39 is 12.1 Å². The van der Waals surface area contributed by atoms with E-state index in [2.05, 4.69) is 0 Å². The third-order valence-corrected chi connectivity index (χ3v) is 3.80. The van der Waals surface area contributed by atoms with Gasteiger partial charge >= 0.3 is 5.97 Å². The second-order valence-corrected chi connectivity index (χ2v) is 5.67. The first-order valence-corrected chi connectivity index (χ1v) is 8.79. The maximum Gasteiger partial charge on any atom is 0.338 e. The van der Waals surface area contributed by atoms with Crippen molar-refractivity contribution in [2.75, 3.05) is 20.3 Å². The van der Waals surface area contributed by atoms with Gasteiger partial charge in [0.1, 0.15) is 5.75 Å². The van der Waals surface area contributed by atoms with Crippen molar-refractivity contribution in [3.63, 3.8) is 0 Å². The van der Waals surface area contributed by atoms with Crippen LogP contribution < -0.4 is 14.2 Å². The average Bonchev–Trinajstić information content (AvgIpc) is 2.68. The summed E-state index contributed by atoms with van der Waals surface area (Å²) in [6.07, 6.45) is -0.923. The minimum atomic E-state index is -0.923. The van der Waals surface area contributed by atoms with Crippen LogP contribution in [0.3, 0.4) is 0 Å². The Hall–Kier alpha value is -3.02. The average molecular weight is 372 g/mol. The Morgan fingerprint density at radius 2 is 1.52 bits per heavy atom. The highest BCUT2D eigenvalue weighted by Gasteiger charge is 2.21. The molecule has 0 saturated carbocycles. The first-order chi connectivity index (χ1) is 13.0. The van der Waals surface area contributed by atoms with Gasteiger partial charge in [0.25, 0.3) is 0 Å². The molecule has 0 aliphatic rings. The molecule has 0 heterocycles. The van der Waals surface area contributed by atoms with Crippen LogP contribution >= 0.6 is 0 Å². The van der Waals surface area contributed by atoms with Crippen LogP contribution in [-0.2, 0) is 4.74 Å². The Morgan fingerprint density at radius 1 is 0.889 bits per heavy atom. The number of ketones is 1. The van der Waals surface area contributed by atoms with E-state index >= 15 is 0 Å². The number of benzene rings is 2. The molecular weight excluding hydrogens is 348 g/mol. The van der Waals surface area contributed by atoms with E-state index in [1.54, 1.807) is 49.4 Å². The van der Waals surface area contributed by atoms with Crippen LogP contribution in [0.25, 0.3) is 0 Å². The third-order valence-electron chi connectivity index (χ3n) is 3.80. The van der Waals surface area contributed by atoms with Gasteiger partial charge in [-0.2, -0.15) is 0 Å². The Balaban J connectivity index is 2.07. The highest BCUT2D eigenvalue weighted by molar-refractivity contribution is 6.01. The molecule has 0 saturated heterocycles. The van der Waals surface area contributed by atoms with Crippen molar-refractivity contribution in [3.05, 3.63) is 53.6 Å². The number of carbonyl (C=O) groups excluding carboxylic acids is 2. The van der Waals surface area contributed by atoms with Gasteiger partial charge in [-0.25, -0.2) is 4.79 Å². The Bertz CT molecular complexity index is 782. The molecule has 0 bridgehead atoms. The van der Waals surface area contributed by atoms with Gasteiger partial charge in [0, 0.05) is 5.56 Å². The van der Waals surface area contributed by atoms with Crippen LogP contribution in [0.2, 0.25) is 0 Å². The smallest absolute Gasteiger partial charge is 0.338 e. The summed E-state index contributed by atoms with van der Waals surface area (Å²) in [6.45, 7) is 6.25. The fraction of sp³-hybridized carbons (Fsp3) is 0.333. The van der Waals surface area contributed by atoms with Crippen LogP contribution in [0.4, 0.5) is 0 Å². The minimum absolute atomic E-state index is 0.283. The fourth-order valence-electron chi connectivity index (χ4n) is 2.47. The molecule has 27 heavy (non-hydrogen) atoms. The maximum atomic E-state index is 12.5. The zero-order chi connectivity index (χ0) is 19.8. The topological polar surface area (TPSA) is 71.1 Å². The molecule has 6 nitrogen and oxygen atoms in total. The van der Waals surface area contributed by atoms with Crippen LogP contribution in [0.5, 0.6) is 17.2 Å². The first kappa shape index (κ1) is 20.3.